The maximum Gasteiger partial charge on any atom is 0.118 e. The Kier molecular flexibility index (Phi) is 3.36. The minimum absolute atomic E-state index is 0.274. The Hall–Kier alpha value is -1.28. The van der Waals surface area contributed by atoms with Crippen LogP contribution in [0.2, 0.25) is 0 Å². The SMILES string of the molecule is COc1ccc(C(Br)C2(c3ccccc3)CC2)cc1. The summed E-state index contributed by atoms with van der Waals surface area (Å²) in [5.74, 6) is 0.910. The molecule has 19 heavy (non-hydrogen) atoms. The summed E-state index contributed by atoms with van der Waals surface area (Å²) in [7, 11) is 1.70. The predicted molar refractivity (Wildman–Crippen MR) is 82.0 cm³/mol. The highest BCUT2D eigenvalue weighted by atomic mass is 79.9. The Labute approximate surface area is 122 Å². The number of benzene rings is 2. The molecule has 1 atom stereocenters. The number of hydrogen-bond acceptors (Lipinski definition) is 1. The molecule has 1 aliphatic rings. The number of methoxy groups -OCH3 is 1. The third-order valence-electron chi connectivity index (χ3n) is 4.03. The van der Waals surface area contributed by atoms with Crippen LogP contribution in [0.3, 0.4) is 0 Å². The van der Waals surface area contributed by atoms with Crippen LogP contribution in [-0.2, 0) is 5.41 Å². The van der Waals surface area contributed by atoms with Crippen LogP contribution in [0, 0.1) is 0 Å². The topological polar surface area (TPSA) is 9.23 Å². The Balaban J connectivity index is 1.89. The zero-order valence-corrected chi connectivity index (χ0v) is 12.6. The summed E-state index contributed by atoms with van der Waals surface area (Å²) in [5.41, 5.74) is 3.03. The molecular formula is C17H17BrO. The van der Waals surface area contributed by atoms with Gasteiger partial charge in [0.1, 0.15) is 5.75 Å². The van der Waals surface area contributed by atoms with Gasteiger partial charge in [0.2, 0.25) is 0 Å². The van der Waals surface area contributed by atoms with Crippen LogP contribution in [0.4, 0.5) is 0 Å². The first-order valence-electron chi connectivity index (χ1n) is 6.60. The van der Waals surface area contributed by atoms with Gasteiger partial charge in [-0.1, -0.05) is 58.4 Å². The summed E-state index contributed by atoms with van der Waals surface area (Å²) < 4.78 is 5.22. The number of ether oxygens (including phenoxy) is 1. The van der Waals surface area contributed by atoms with Crippen LogP contribution < -0.4 is 4.74 Å². The van der Waals surface area contributed by atoms with Crippen LogP contribution in [0.5, 0.6) is 5.75 Å². The Morgan fingerprint density at radius 3 is 2.16 bits per heavy atom. The van der Waals surface area contributed by atoms with Gasteiger partial charge in [0.15, 0.2) is 0 Å². The smallest absolute Gasteiger partial charge is 0.118 e. The summed E-state index contributed by atoms with van der Waals surface area (Å²) in [4.78, 5) is 0.369. The van der Waals surface area contributed by atoms with Crippen molar-refractivity contribution < 1.29 is 4.74 Å². The molecule has 1 aliphatic carbocycles. The fourth-order valence-electron chi connectivity index (χ4n) is 2.69. The normalized spacial score (nSPS) is 17.8. The molecule has 0 saturated heterocycles. The molecule has 2 aromatic rings. The lowest BCUT2D eigenvalue weighted by Gasteiger charge is -2.23. The van der Waals surface area contributed by atoms with E-state index >= 15 is 0 Å². The van der Waals surface area contributed by atoms with Gasteiger partial charge >= 0.3 is 0 Å². The summed E-state index contributed by atoms with van der Waals surface area (Å²) in [6.07, 6.45) is 2.50. The first kappa shape index (κ1) is 12.7. The van der Waals surface area contributed by atoms with Crippen molar-refractivity contribution in [3.8, 4) is 5.75 Å². The van der Waals surface area contributed by atoms with Crippen LogP contribution >= 0.6 is 15.9 Å². The summed E-state index contributed by atoms with van der Waals surface area (Å²) in [5, 5.41) is 0. The van der Waals surface area contributed by atoms with E-state index in [1.165, 1.54) is 24.0 Å². The molecule has 0 radical (unpaired) electrons. The average Bonchev–Trinajstić information content (AvgIpc) is 3.29. The second-order valence-electron chi connectivity index (χ2n) is 5.16. The van der Waals surface area contributed by atoms with Crippen molar-refractivity contribution in [1.29, 1.82) is 0 Å². The average molecular weight is 317 g/mol. The highest BCUT2D eigenvalue weighted by Crippen LogP contribution is 2.60. The first-order chi connectivity index (χ1) is 9.26. The Morgan fingerprint density at radius 2 is 1.63 bits per heavy atom. The van der Waals surface area contributed by atoms with Gasteiger partial charge in [-0.3, -0.25) is 0 Å². The molecule has 1 unspecified atom stereocenters. The molecule has 1 saturated carbocycles. The fraction of sp³-hybridized carbons (Fsp3) is 0.294. The molecule has 0 aliphatic heterocycles. The monoisotopic (exact) mass is 316 g/mol. The molecule has 0 amide bonds. The van der Waals surface area contributed by atoms with E-state index < -0.39 is 0 Å². The molecule has 0 heterocycles. The highest BCUT2D eigenvalue weighted by molar-refractivity contribution is 9.09. The zero-order valence-electron chi connectivity index (χ0n) is 11.0. The van der Waals surface area contributed by atoms with Crippen molar-refractivity contribution in [2.75, 3.05) is 7.11 Å². The van der Waals surface area contributed by atoms with E-state index in [1.54, 1.807) is 7.11 Å². The van der Waals surface area contributed by atoms with Gasteiger partial charge in [-0.25, -0.2) is 0 Å². The second kappa shape index (κ2) is 5.01. The molecule has 0 spiro atoms. The van der Waals surface area contributed by atoms with Crippen LogP contribution in [0.15, 0.2) is 54.6 Å². The van der Waals surface area contributed by atoms with Crippen LogP contribution in [0.25, 0.3) is 0 Å². The van der Waals surface area contributed by atoms with Crippen molar-refractivity contribution in [2.24, 2.45) is 0 Å². The number of rotatable bonds is 4. The molecule has 98 valence electrons. The molecule has 0 aromatic heterocycles. The predicted octanol–water partition coefficient (Wildman–Crippen LogP) is 4.86. The van der Waals surface area contributed by atoms with Crippen molar-refractivity contribution in [2.45, 2.75) is 23.1 Å². The summed E-state index contributed by atoms with van der Waals surface area (Å²) >= 11 is 3.91. The lowest BCUT2D eigenvalue weighted by molar-refractivity contribution is 0.414. The standard InChI is InChI=1S/C17H17BrO/c1-19-15-9-7-13(8-10-15)16(18)17(11-12-17)14-5-3-2-4-6-14/h2-10,16H,11-12H2,1H3. The van der Waals surface area contributed by atoms with Gasteiger partial charge in [-0.05, 0) is 36.1 Å². The minimum atomic E-state index is 0.274. The van der Waals surface area contributed by atoms with Gasteiger partial charge in [0, 0.05) is 10.2 Å². The Morgan fingerprint density at radius 1 is 1.00 bits per heavy atom. The zero-order chi connectivity index (χ0) is 13.3. The van der Waals surface area contributed by atoms with Gasteiger partial charge in [-0.2, -0.15) is 0 Å². The third-order valence-corrected chi connectivity index (χ3v) is 5.44. The van der Waals surface area contributed by atoms with Gasteiger partial charge in [-0.15, -0.1) is 0 Å². The highest BCUT2D eigenvalue weighted by Gasteiger charge is 2.50. The molecule has 3 rings (SSSR count). The van der Waals surface area contributed by atoms with Crippen LogP contribution in [0.1, 0.15) is 28.8 Å². The van der Waals surface area contributed by atoms with Gasteiger partial charge in [0.25, 0.3) is 0 Å². The summed E-state index contributed by atoms with van der Waals surface area (Å²) in [6.45, 7) is 0. The fourth-order valence-corrected chi connectivity index (χ4v) is 3.71. The number of hydrogen-bond donors (Lipinski definition) is 0. The molecule has 1 fully saturated rings. The van der Waals surface area contributed by atoms with E-state index in [0.717, 1.165) is 5.75 Å². The van der Waals surface area contributed by atoms with E-state index in [9.17, 15) is 0 Å². The largest absolute Gasteiger partial charge is 0.497 e. The van der Waals surface area contributed by atoms with Gasteiger partial charge < -0.3 is 4.74 Å². The lowest BCUT2D eigenvalue weighted by atomic mass is 9.89. The maximum absolute atomic E-state index is 5.22. The van der Waals surface area contributed by atoms with E-state index in [4.69, 9.17) is 4.74 Å². The third kappa shape index (κ3) is 2.30. The van der Waals surface area contributed by atoms with Crippen molar-refractivity contribution in [3.63, 3.8) is 0 Å². The maximum atomic E-state index is 5.22. The summed E-state index contributed by atoms with van der Waals surface area (Å²) in [6, 6.07) is 19.2. The Bertz CT molecular complexity index is 543. The van der Waals surface area contributed by atoms with Crippen molar-refractivity contribution in [3.05, 3.63) is 65.7 Å². The van der Waals surface area contributed by atoms with E-state index in [0.29, 0.717) is 4.83 Å². The number of alkyl halides is 1. The van der Waals surface area contributed by atoms with E-state index in [1.807, 2.05) is 12.1 Å². The minimum Gasteiger partial charge on any atom is -0.497 e. The molecule has 2 aromatic carbocycles. The number of halogens is 1. The van der Waals surface area contributed by atoms with Crippen molar-refractivity contribution >= 4 is 15.9 Å². The quantitative estimate of drug-likeness (QED) is 0.732. The lowest BCUT2D eigenvalue weighted by Crippen LogP contribution is -2.13. The second-order valence-corrected chi connectivity index (χ2v) is 6.07. The molecule has 1 nitrogen and oxygen atoms in total. The molecular weight excluding hydrogens is 300 g/mol. The molecule has 0 N–H and O–H groups in total. The van der Waals surface area contributed by atoms with Crippen LogP contribution in [-0.4, -0.2) is 7.11 Å². The first-order valence-corrected chi connectivity index (χ1v) is 7.51. The van der Waals surface area contributed by atoms with Crippen molar-refractivity contribution in [1.82, 2.24) is 0 Å². The van der Waals surface area contributed by atoms with E-state index in [2.05, 4.69) is 58.4 Å². The van der Waals surface area contributed by atoms with E-state index in [-0.39, 0.29) is 5.41 Å². The molecule has 0 bridgehead atoms. The molecule has 2 heteroatoms. The van der Waals surface area contributed by atoms with Gasteiger partial charge in [0.05, 0.1) is 7.11 Å².